The second-order valence-corrected chi connectivity index (χ2v) is 8.85. The van der Waals surface area contributed by atoms with Crippen LogP contribution in [0.25, 0.3) is 21.8 Å². The van der Waals surface area contributed by atoms with Gasteiger partial charge in [-0.1, -0.05) is 54.6 Å². The van der Waals surface area contributed by atoms with E-state index in [0.29, 0.717) is 17.4 Å². The van der Waals surface area contributed by atoms with Gasteiger partial charge in [0.15, 0.2) is 0 Å². The van der Waals surface area contributed by atoms with Crippen molar-refractivity contribution in [2.75, 3.05) is 6.54 Å². The number of nitrogens with one attached hydrogen (secondary N) is 1. The molecular weight excluding hydrogens is 424 g/mol. The van der Waals surface area contributed by atoms with Gasteiger partial charge in [0, 0.05) is 23.1 Å². The summed E-state index contributed by atoms with van der Waals surface area (Å²) in [4.78, 5) is 36.6. The molecule has 5 aromatic rings. The molecule has 1 aliphatic rings. The van der Waals surface area contributed by atoms with E-state index in [9.17, 15) is 9.59 Å². The highest BCUT2D eigenvalue weighted by molar-refractivity contribution is 5.87. The molecule has 6 nitrogen and oxygen atoms in total. The van der Waals surface area contributed by atoms with Gasteiger partial charge >= 0.3 is 0 Å². The minimum Gasteiger partial charge on any atom is -0.356 e. The van der Waals surface area contributed by atoms with Crippen molar-refractivity contribution in [1.29, 1.82) is 0 Å². The summed E-state index contributed by atoms with van der Waals surface area (Å²) >= 11 is 0. The lowest BCUT2D eigenvalue weighted by Gasteiger charge is -2.37. The summed E-state index contributed by atoms with van der Waals surface area (Å²) in [5, 5.41) is 1.72. The third kappa shape index (κ3) is 3.22. The average molecular weight is 449 g/mol. The van der Waals surface area contributed by atoms with Crippen molar-refractivity contribution in [2.45, 2.75) is 25.9 Å². The zero-order valence-corrected chi connectivity index (χ0v) is 18.9. The summed E-state index contributed by atoms with van der Waals surface area (Å²) < 4.78 is 1.42. The van der Waals surface area contributed by atoms with Crippen molar-refractivity contribution in [3.8, 4) is 0 Å². The van der Waals surface area contributed by atoms with Crippen LogP contribution < -0.4 is 5.56 Å². The van der Waals surface area contributed by atoms with E-state index in [2.05, 4.69) is 47.2 Å². The molecule has 2 aromatic heterocycles. The minimum absolute atomic E-state index is 0.0470. The Hall–Kier alpha value is -4.19. The maximum Gasteiger partial charge on any atom is 0.261 e. The van der Waals surface area contributed by atoms with Crippen molar-refractivity contribution < 1.29 is 4.79 Å². The molecule has 0 saturated carbocycles. The Balaban J connectivity index is 1.44. The number of fused-ring (bicyclic) bond motifs is 4. The van der Waals surface area contributed by atoms with Gasteiger partial charge in [-0.15, -0.1) is 0 Å². The number of amides is 1. The molecule has 1 atom stereocenters. The molecule has 6 rings (SSSR count). The van der Waals surface area contributed by atoms with Gasteiger partial charge in [0.05, 0.1) is 23.3 Å². The lowest BCUT2D eigenvalue weighted by atomic mass is 9.90. The molecule has 34 heavy (non-hydrogen) atoms. The molecule has 168 valence electrons. The van der Waals surface area contributed by atoms with Crippen molar-refractivity contribution in [3.05, 3.63) is 112 Å². The van der Waals surface area contributed by atoms with E-state index < -0.39 is 0 Å². The van der Waals surface area contributed by atoms with E-state index in [1.54, 1.807) is 12.1 Å². The van der Waals surface area contributed by atoms with Crippen LogP contribution in [0.2, 0.25) is 0 Å². The molecule has 3 aromatic carbocycles. The molecule has 0 radical (unpaired) electrons. The maximum atomic E-state index is 13.7. The van der Waals surface area contributed by atoms with Crippen LogP contribution in [0.1, 0.15) is 28.4 Å². The Kier molecular flexibility index (Phi) is 4.80. The minimum atomic E-state index is -0.242. The van der Waals surface area contributed by atoms with Crippen molar-refractivity contribution in [1.82, 2.24) is 19.4 Å². The lowest BCUT2D eigenvalue weighted by molar-refractivity contribution is -0.134. The Bertz CT molecular complexity index is 1610. The number of hydrogen-bond acceptors (Lipinski definition) is 3. The summed E-state index contributed by atoms with van der Waals surface area (Å²) in [6.07, 6.45) is 2.24. The molecule has 3 heterocycles. The number of aryl methyl sites for hydroxylation is 1. The normalized spacial score (nSPS) is 15.6. The Morgan fingerprint density at radius 3 is 2.59 bits per heavy atom. The molecule has 6 heteroatoms. The van der Waals surface area contributed by atoms with Gasteiger partial charge in [-0.2, -0.15) is 0 Å². The molecule has 0 bridgehead atoms. The fourth-order valence-corrected chi connectivity index (χ4v) is 5.18. The second kappa shape index (κ2) is 7.99. The summed E-state index contributed by atoms with van der Waals surface area (Å²) in [7, 11) is 0. The number of hydrogen-bond donors (Lipinski definition) is 1. The van der Waals surface area contributed by atoms with Crippen LogP contribution in [0.4, 0.5) is 0 Å². The van der Waals surface area contributed by atoms with Crippen LogP contribution in [0.3, 0.4) is 0 Å². The van der Waals surface area contributed by atoms with Gasteiger partial charge in [0.2, 0.25) is 5.91 Å². The Labute approximate surface area is 196 Å². The van der Waals surface area contributed by atoms with Crippen LogP contribution in [0, 0.1) is 6.92 Å². The first kappa shape index (κ1) is 20.4. The SMILES string of the molecule is Cc1ccccc1C1c2[nH]c3ccccc3c2CCN1C(=O)Cn1cnc2ccccc2c1=O. The van der Waals surface area contributed by atoms with Crippen LogP contribution in [0.5, 0.6) is 0 Å². The molecule has 1 unspecified atom stereocenters. The van der Waals surface area contributed by atoms with E-state index >= 15 is 0 Å². The first-order chi connectivity index (χ1) is 16.6. The molecule has 1 aliphatic heterocycles. The van der Waals surface area contributed by atoms with Crippen LogP contribution in [0.15, 0.2) is 83.9 Å². The van der Waals surface area contributed by atoms with Crippen LogP contribution in [-0.4, -0.2) is 31.9 Å². The number of rotatable bonds is 3. The van der Waals surface area contributed by atoms with Gasteiger partial charge in [-0.25, -0.2) is 4.98 Å². The zero-order chi connectivity index (χ0) is 23.2. The third-order valence-electron chi connectivity index (χ3n) is 6.87. The smallest absolute Gasteiger partial charge is 0.261 e. The van der Waals surface area contributed by atoms with E-state index in [4.69, 9.17) is 0 Å². The topological polar surface area (TPSA) is 71.0 Å². The van der Waals surface area contributed by atoms with Crippen LogP contribution in [-0.2, 0) is 17.8 Å². The number of benzene rings is 3. The maximum absolute atomic E-state index is 13.7. The Morgan fingerprint density at radius 2 is 1.74 bits per heavy atom. The Morgan fingerprint density at radius 1 is 1.00 bits per heavy atom. The number of aromatic nitrogens is 3. The highest BCUT2D eigenvalue weighted by Crippen LogP contribution is 2.39. The highest BCUT2D eigenvalue weighted by Gasteiger charge is 2.35. The largest absolute Gasteiger partial charge is 0.356 e. The average Bonchev–Trinajstić information content (AvgIpc) is 3.24. The number of aromatic amines is 1. The monoisotopic (exact) mass is 448 g/mol. The predicted molar refractivity (Wildman–Crippen MR) is 133 cm³/mol. The summed E-state index contributed by atoms with van der Waals surface area (Å²) in [5.41, 5.74) is 6.05. The fraction of sp³-hybridized carbons (Fsp3) is 0.179. The van der Waals surface area contributed by atoms with Gasteiger partial charge in [0.1, 0.15) is 6.54 Å². The van der Waals surface area contributed by atoms with Gasteiger partial charge in [0.25, 0.3) is 5.56 Å². The highest BCUT2D eigenvalue weighted by atomic mass is 16.2. The predicted octanol–water partition coefficient (Wildman–Crippen LogP) is 4.36. The molecule has 1 amide bonds. The van der Waals surface area contributed by atoms with E-state index in [1.165, 1.54) is 21.8 Å². The van der Waals surface area contributed by atoms with E-state index in [-0.39, 0.29) is 24.1 Å². The zero-order valence-electron chi connectivity index (χ0n) is 18.9. The summed E-state index contributed by atoms with van der Waals surface area (Å²) in [5.74, 6) is -0.100. The lowest BCUT2D eigenvalue weighted by Crippen LogP contribution is -2.43. The first-order valence-corrected chi connectivity index (χ1v) is 11.5. The number of carbonyl (C=O) groups excluding carboxylic acids is 1. The quantitative estimate of drug-likeness (QED) is 0.446. The van der Waals surface area contributed by atoms with E-state index in [1.807, 2.05) is 35.2 Å². The van der Waals surface area contributed by atoms with Crippen LogP contribution >= 0.6 is 0 Å². The number of nitrogens with zero attached hydrogens (tertiary/aromatic N) is 3. The van der Waals surface area contributed by atoms with E-state index in [0.717, 1.165) is 28.8 Å². The molecule has 0 aliphatic carbocycles. The number of para-hydroxylation sites is 2. The summed E-state index contributed by atoms with van der Waals surface area (Å²) in [6, 6.07) is 23.5. The first-order valence-electron chi connectivity index (χ1n) is 11.5. The van der Waals surface area contributed by atoms with Crippen molar-refractivity contribution in [2.24, 2.45) is 0 Å². The fourth-order valence-electron chi connectivity index (χ4n) is 5.18. The van der Waals surface area contributed by atoms with Crippen molar-refractivity contribution in [3.63, 3.8) is 0 Å². The molecule has 1 N–H and O–H groups in total. The van der Waals surface area contributed by atoms with Gasteiger partial charge in [-0.3, -0.25) is 14.2 Å². The molecule has 0 spiro atoms. The molecule has 0 fully saturated rings. The van der Waals surface area contributed by atoms with Crippen molar-refractivity contribution >= 4 is 27.7 Å². The molecular formula is C28H24N4O2. The van der Waals surface area contributed by atoms with Gasteiger partial charge < -0.3 is 9.88 Å². The third-order valence-corrected chi connectivity index (χ3v) is 6.87. The second-order valence-electron chi connectivity index (χ2n) is 8.85. The van der Waals surface area contributed by atoms with Gasteiger partial charge in [-0.05, 0) is 48.2 Å². The molecule has 0 saturated heterocycles. The standard InChI is InChI=1S/C28H24N4O2/c1-18-8-2-3-9-19(18)27-26-21(20-10-4-7-13-24(20)30-26)14-15-32(27)25(33)16-31-17-29-23-12-6-5-11-22(23)28(31)34/h2-13,17,27,30H,14-16H2,1H3. The number of H-pyrrole nitrogens is 1. The number of carbonyl (C=O) groups is 1. The summed E-state index contributed by atoms with van der Waals surface area (Å²) in [6.45, 7) is 2.61.